The molecule has 0 heteroatoms. The van der Waals surface area contributed by atoms with Crippen molar-refractivity contribution >= 4 is 0 Å². The van der Waals surface area contributed by atoms with E-state index in [9.17, 15) is 0 Å². The van der Waals surface area contributed by atoms with Gasteiger partial charge < -0.3 is 0 Å². The highest BCUT2D eigenvalue weighted by Crippen LogP contribution is 2.25. The van der Waals surface area contributed by atoms with Gasteiger partial charge in [-0.05, 0) is 24.2 Å². The minimum Gasteiger partial charge on any atom is -0.103 e. The number of rotatable bonds is 5. The molecule has 0 fully saturated rings. The van der Waals surface area contributed by atoms with Gasteiger partial charge in [0.25, 0.3) is 0 Å². The predicted molar refractivity (Wildman–Crippen MR) is 52.6 cm³/mol. The van der Waals surface area contributed by atoms with Gasteiger partial charge in [0.15, 0.2) is 0 Å². The molecule has 1 unspecified atom stereocenters. The average molecular weight is 152 g/mol. The summed E-state index contributed by atoms with van der Waals surface area (Å²) in [6.45, 7) is 14.2. The molecule has 64 valence electrons. The van der Waals surface area contributed by atoms with Gasteiger partial charge in [-0.3, -0.25) is 0 Å². The summed E-state index contributed by atoms with van der Waals surface area (Å²) in [7, 11) is 0. The quantitative estimate of drug-likeness (QED) is 0.526. The summed E-state index contributed by atoms with van der Waals surface area (Å²) in [6, 6.07) is 0. The Balaban J connectivity index is 3.68. The van der Waals surface area contributed by atoms with Crippen LogP contribution in [0.3, 0.4) is 0 Å². The second kappa shape index (κ2) is 4.38. The summed E-state index contributed by atoms with van der Waals surface area (Å²) in [6.07, 6.45) is 6.45. The first kappa shape index (κ1) is 10.5. The zero-order chi connectivity index (χ0) is 8.91. The van der Waals surface area contributed by atoms with Crippen LogP contribution in [0.5, 0.6) is 0 Å². The first-order chi connectivity index (χ1) is 5.02. The molecule has 0 aliphatic carbocycles. The summed E-state index contributed by atoms with van der Waals surface area (Å²) >= 11 is 0. The van der Waals surface area contributed by atoms with Gasteiger partial charge in [0.1, 0.15) is 0 Å². The van der Waals surface area contributed by atoms with Gasteiger partial charge >= 0.3 is 0 Å². The fourth-order valence-corrected chi connectivity index (χ4v) is 0.820. The lowest BCUT2D eigenvalue weighted by Crippen LogP contribution is -2.08. The van der Waals surface area contributed by atoms with Crippen LogP contribution in [-0.4, -0.2) is 0 Å². The van der Waals surface area contributed by atoms with Crippen molar-refractivity contribution in [3.8, 4) is 0 Å². The second-order valence-corrected chi connectivity index (χ2v) is 3.94. The highest BCUT2D eigenvalue weighted by atomic mass is 14.2. The number of hydrogen-bond donors (Lipinski definition) is 0. The summed E-state index contributed by atoms with van der Waals surface area (Å²) in [4.78, 5) is 0. The minimum absolute atomic E-state index is 0.289. The SMILES string of the molecule is C=CC(C)CCC(C)(C)C=C. The molecule has 0 N–H and O–H groups in total. The van der Waals surface area contributed by atoms with Crippen LogP contribution in [0.15, 0.2) is 25.3 Å². The fraction of sp³-hybridized carbons (Fsp3) is 0.636. The van der Waals surface area contributed by atoms with Gasteiger partial charge in [-0.15, -0.1) is 13.2 Å². The Labute approximate surface area is 71.0 Å². The zero-order valence-electron chi connectivity index (χ0n) is 8.06. The van der Waals surface area contributed by atoms with Crippen LogP contribution in [0, 0.1) is 11.3 Å². The average Bonchev–Trinajstić information content (AvgIpc) is 2.00. The summed E-state index contributed by atoms with van der Waals surface area (Å²) in [5.74, 6) is 0.634. The normalized spacial score (nSPS) is 14.1. The minimum atomic E-state index is 0.289. The van der Waals surface area contributed by atoms with E-state index in [0.29, 0.717) is 5.92 Å². The molecule has 0 saturated heterocycles. The predicted octanol–water partition coefficient (Wildman–Crippen LogP) is 3.80. The molecule has 0 rings (SSSR count). The lowest BCUT2D eigenvalue weighted by molar-refractivity contribution is 0.397. The third kappa shape index (κ3) is 4.83. The lowest BCUT2D eigenvalue weighted by atomic mass is 9.85. The molecule has 11 heavy (non-hydrogen) atoms. The molecule has 0 aliphatic rings. The van der Waals surface area contributed by atoms with Gasteiger partial charge in [0, 0.05) is 0 Å². The van der Waals surface area contributed by atoms with E-state index in [-0.39, 0.29) is 5.41 Å². The summed E-state index contributed by atoms with van der Waals surface area (Å²) < 4.78 is 0. The van der Waals surface area contributed by atoms with Crippen molar-refractivity contribution in [2.24, 2.45) is 11.3 Å². The highest BCUT2D eigenvalue weighted by Gasteiger charge is 2.12. The Morgan fingerprint density at radius 3 is 2.27 bits per heavy atom. The summed E-state index contributed by atoms with van der Waals surface area (Å²) in [5.41, 5.74) is 0.289. The van der Waals surface area contributed by atoms with Crippen molar-refractivity contribution in [1.82, 2.24) is 0 Å². The van der Waals surface area contributed by atoms with Gasteiger partial charge in [0.2, 0.25) is 0 Å². The molecule has 0 bridgehead atoms. The Kier molecular flexibility index (Phi) is 4.17. The van der Waals surface area contributed by atoms with Gasteiger partial charge in [-0.1, -0.05) is 32.9 Å². The molecular weight excluding hydrogens is 132 g/mol. The number of hydrogen-bond acceptors (Lipinski definition) is 0. The van der Waals surface area contributed by atoms with Gasteiger partial charge in [-0.2, -0.15) is 0 Å². The van der Waals surface area contributed by atoms with Crippen LogP contribution in [0.1, 0.15) is 33.6 Å². The van der Waals surface area contributed by atoms with Crippen molar-refractivity contribution in [1.29, 1.82) is 0 Å². The van der Waals surface area contributed by atoms with Gasteiger partial charge in [-0.25, -0.2) is 0 Å². The topological polar surface area (TPSA) is 0 Å². The molecule has 0 aromatic carbocycles. The first-order valence-electron chi connectivity index (χ1n) is 4.28. The van der Waals surface area contributed by atoms with Crippen LogP contribution < -0.4 is 0 Å². The van der Waals surface area contributed by atoms with E-state index in [4.69, 9.17) is 0 Å². The van der Waals surface area contributed by atoms with E-state index in [1.165, 1.54) is 12.8 Å². The molecule has 0 saturated carbocycles. The molecule has 0 aromatic rings. The van der Waals surface area contributed by atoms with Gasteiger partial charge in [0.05, 0.1) is 0 Å². The van der Waals surface area contributed by atoms with Crippen LogP contribution in [0.2, 0.25) is 0 Å². The smallest absolute Gasteiger partial charge is 0.0177 e. The third-order valence-electron chi connectivity index (χ3n) is 2.20. The van der Waals surface area contributed by atoms with E-state index >= 15 is 0 Å². The molecule has 1 atom stereocenters. The van der Waals surface area contributed by atoms with Crippen LogP contribution in [0.4, 0.5) is 0 Å². The van der Waals surface area contributed by atoms with Crippen LogP contribution in [-0.2, 0) is 0 Å². The largest absolute Gasteiger partial charge is 0.103 e. The van der Waals surface area contributed by atoms with Crippen molar-refractivity contribution in [3.63, 3.8) is 0 Å². The van der Waals surface area contributed by atoms with E-state index in [1.807, 2.05) is 12.2 Å². The maximum absolute atomic E-state index is 3.81. The number of allylic oxidation sites excluding steroid dienone is 2. The van der Waals surface area contributed by atoms with E-state index in [2.05, 4.69) is 33.9 Å². The monoisotopic (exact) mass is 152 g/mol. The Morgan fingerprint density at radius 1 is 1.36 bits per heavy atom. The van der Waals surface area contributed by atoms with E-state index in [1.54, 1.807) is 0 Å². The standard InChI is InChI=1S/C11H20/c1-6-10(3)8-9-11(4,5)7-2/h6-7,10H,1-2,8-9H2,3-5H3. The van der Waals surface area contributed by atoms with E-state index < -0.39 is 0 Å². The Hall–Kier alpha value is -0.520. The molecule has 0 radical (unpaired) electrons. The van der Waals surface area contributed by atoms with Crippen LogP contribution >= 0.6 is 0 Å². The zero-order valence-corrected chi connectivity index (χ0v) is 8.06. The maximum atomic E-state index is 3.81. The molecule has 0 heterocycles. The molecule has 0 aliphatic heterocycles. The fourth-order valence-electron chi connectivity index (χ4n) is 0.820. The van der Waals surface area contributed by atoms with E-state index in [0.717, 1.165) is 0 Å². The van der Waals surface area contributed by atoms with Crippen molar-refractivity contribution in [2.45, 2.75) is 33.6 Å². The Bertz CT molecular complexity index is 131. The molecular formula is C11H20. The third-order valence-corrected chi connectivity index (χ3v) is 2.20. The molecule has 0 spiro atoms. The molecule has 0 aromatic heterocycles. The molecule has 0 nitrogen and oxygen atoms in total. The Morgan fingerprint density at radius 2 is 1.91 bits per heavy atom. The molecule has 0 amide bonds. The van der Waals surface area contributed by atoms with Crippen molar-refractivity contribution < 1.29 is 0 Å². The maximum Gasteiger partial charge on any atom is -0.0177 e. The summed E-state index contributed by atoms with van der Waals surface area (Å²) in [5, 5.41) is 0. The van der Waals surface area contributed by atoms with Crippen LogP contribution in [0.25, 0.3) is 0 Å². The van der Waals surface area contributed by atoms with Crippen molar-refractivity contribution in [3.05, 3.63) is 25.3 Å². The first-order valence-corrected chi connectivity index (χ1v) is 4.28. The second-order valence-electron chi connectivity index (χ2n) is 3.94. The lowest BCUT2D eigenvalue weighted by Gasteiger charge is -2.20. The highest BCUT2D eigenvalue weighted by molar-refractivity contribution is 4.88. The van der Waals surface area contributed by atoms with Crippen molar-refractivity contribution in [2.75, 3.05) is 0 Å².